The molecule has 0 saturated heterocycles. The first-order valence-electron chi connectivity index (χ1n) is 9.27. The van der Waals surface area contributed by atoms with Crippen molar-refractivity contribution in [2.75, 3.05) is 0 Å². The Balaban J connectivity index is 1.71. The molecule has 1 N–H and O–H groups in total. The number of hydrogen-bond donors (Lipinski definition) is 1. The normalized spacial score (nSPS) is 42.7. The van der Waals surface area contributed by atoms with E-state index in [1.807, 2.05) is 12.2 Å². The average Bonchev–Trinajstić information content (AvgIpc) is 2.79. The smallest absolute Gasteiger partial charge is 0.156 e. The van der Waals surface area contributed by atoms with Crippen LogP contribution in [0.4, 0.5) is 0 Å². The van der Waals surface area contributed by atoms with Crippen LogP contribution in [0.3, 0.4) is 0 Å². The summed E-state index contributed by atoms with van der Waals surface area (Å²) in [6.45, 7) is 6.20. The number of ketones is 1. The molecule has 2 saturated carbocycles. The van der Waals surface area contributed by atoms with Gasteiger partial charge in [0.15, 0.2) is 5.78 Å². The molecule has 0 amide bonds. The second-order valence-corrected chi connectivity index (χ2v) is 8.37. The van der Waals surface area contributed by atoms with Crippen molar-refractivity contribution >= 4 is 5.78 Å². The van der Waals surface area contributed by atoms with Crippen LogP contribution in [-0.2, 0) is 4.79 Å². The lowest BCUT2D eigenvalue weighted by Crippen LogP contribution is -2.49. The van der Waals surface area contributed by atoms with Gasteiger partial charge in [0.1, 0.15) is 0 Å². The molecule has 4 aliphatic rings. The summed E-state index contributed by atoms with van der Waals surface area (Å²) < 4.78 is 0. The number of aliphatic hydroxyl groups is 1. The Morgan fingerprint density at radius 2 is 2.09 bits per heavy atom. The molecule has 0 aromatic rings. The zero-order chi connectivity index (χ0) is 16.2. The Labute approximate surface area is 139 Å². The third kappa shape index (κ3) is 2.07. The van der Waals surface area contributed by atoms with Crippen molar-refractivity contribution in [2.24, 2.45) is 17.3 Å². The molecule has 4 rings (SSSR count). The van der Waals surface area contributed by atoms with Crippen LogP contribution in [0.5, 0.6) is 0 Å². The summed E-state index contributed by atoms with van der Waals surface area (Å²) >= 11 is 0. The molecule has 23 heavy (non-hydrogen) atoms. The largest absolute Gasteiger partial charge is 0.389 e. The topological polar surface area (TPSA) is 37.3 Å². The van der Waals surface area contributed by atoms with E-state index in [9.17, 15) is 9.90 Å². The molecule has 2 fully saturated rings. The predicted molar refractivity (Wildman–Crippen MR) is 91.9 cm³/mol. The maximum absolute atomic E-state index is 11.7. The Kier molecular flexibility index (Phi) is 3.46. The van der Waals surface area contributed by atoms with Gasteiger partial charge in [-0.05, 0) is 80.4 Å². The van der Waals surface area contributed by atoms with E-state index in [-0.39, 0.29) is 5.41 Å². The van der Waals surface area contributed by atoms with Gasteiger partial charge in [-0.15, -0.1) is 6.58 Å². The van der Waals surface area contributed by atoms with Gasteiger partial charge in [-0.3, -0.25) is 4.79 Å². The fraction of sp³-hybridized carbons (Fsp3) is 0.667. The molecule has 0 aliphatic heterocycles. The van der Waals surface area contributed by atoms with E-state index in [1.54, 1.807) is 5.57 Å². The maximum atomic E-state index is 11.7. The minimum Gasteiger partial charge on any atom is -0.389 e. The first kappa shape index (κ1) is 15.4. The second-order valence-electron chi connectivity index (χ2n) is 8.37. The van der Waals surface area contributed by atoms with Gasteiger partial charge in [0, 0.05) is 11.8 Å². The van der Waals surface area contributed by atoms with Gasteiger partial charge >= 0.3 is 0 Å². The second kappa shape index (κ2) is 5.17. The first-order chi connectivity index (χ1) is 11.0. The molecule has 2 nitrogen and oxygen atoms in total. The number of rotatable bonds is 2. The van der Waals surface area contributed by atoms with Crippen LogP contribution in [-0.4, -0.2) is 16.5 Å². The Bertz CT molecular complexity index is 626. The number of hydrogen-bond acceptors (Lipinski definition) is 2. The van der Waals surface area contributed by atoms with Crippen LogP contribution in [0, 0.1) is 17.3 Å². The molecule has 0 heterocycles. The third-order valence-corrected chi connectivity index (χ3v) is 7.54. The summed E-state index contributed by atoms with van der Waals surface area (Å²) in [6.07, 6.45) is 12.7. The molecule has 0 bridgehead atoms. The van der Waals surface area contributed by atoms with Gasteiger partial charge in [0.05, 0.1) is 5.60 Å². The van der Waals surface area contributed by atoms with Gasteiger partial charge in [-0.2, -0.15) is 0 Å². The summed E-state index contributed by atoms with van der Waals surface area (Å²) in [5.41, 5.74) is 3.95. The minimum atomic E-state index is -0.561. The van der Waals surface area contributed by atoms with E-state index in [1.165, 1.54) is 17.6 Å². The van der Waals surface area contributed by atoms with Crippen LogP contribution in [0.1, 0.15) is 64.7 Å². The summed E-state index contributed by atoms with van der Waals surface area (Å²) in [4.78, 5) is 11.7. The SMILES string of the molecule is C=CC[C@]1(O)CC[C@H]2C3CCC4=CC(=O)CCC4=C3CCC21C. The standard InChI is InChI=1S/C21H28O2/c1-3-10-21(23)12-9-19-18-6-4-14-13-15(22)5-7-16(14)17(18)8-11-20(19,21)2/h3,13,18-19,23H,1,4-12H2,2H3/t18?,19-,20?,21-/m0/s1. The molecule has 4 atom stereocenters. The zero-order valence-electron chi connectivity index (χ0n) is 14.2. The van der Waals surface area contributed by atoms with Crippen LogP contribution in [0.25, 0.3) is 0 Å². The number of carbonyl (C=O) groups excluding carboxylic acids is 1. The van der Waals surface area contributed by atoms with E-state index >= 15 is 0 Å². The van der Waals surface area contributed by atoms with Crippen LogP contribution in [0.15, 0.2) is 35.5 Å². The third-order valence-electron chi connectivity index (χ3n) is 7.54. The minimum absolute atomic E-state index is 0.0294. The van der Waals surface area contributed by atoms with Crippen molar-refractivity contribution in [3.05, 3.63) is 35.5 Å². The number of fused-ring (bicyclic) bond motifs is 4. The molecule has 0 spiro atoms. The lowest BCUT2D eigenvalue weighted by Gasteiger charge is -2.51. The van der Waals surface area contributed by atoms with E-state index in [0.717, 1.165) is 44.9 Å². The highest BCUT2D eigenvalue weighted by molar-refractivity contribution is 5.93. The zero-order valence-corrected chi connectivity index (χ0v) is 14.2. The monoisotopic (exact) mass is 312 g/mol. The molecular weight excluding hydrogens is 284 g/mol. The number of allylic oxidation sites excluding steroid dienone is 4. The van der Waals surface area contributed by atoms with E-state index in [4.69, 9.17) is 0 Å². The molecule has 2 unspecified atom stereocenters. The highest BCUT2D eigenvalue weighted by Crippen LogP contribution is 2.64. The molecule has 0 radical (unpaired) electrons. The summed E-state index contributed by atoms with van der Waals surface area (Å²) in [7, 11) is 0. The Morgan fingerprint density at radius 1 is 1.26 bits per heavy atom. The van der Waals surface area contributed by atoms with Crippen LogP contribution in [0.2, 0.25) is 0 Å². The number of carbonyl (C=O) groups is 1. The summed E-state index contributed by atoms with van der Waals surface area (Å²) in [5, 5.41) is 11.3. The van der Waals surface area contributed by atoms with Gasteiger partial charge in [-0.1, -0.05) is 18.6 Å². The molecule has 2 heteroatoms. The fourth-order valence-corrected chi connectivity index (χ4v) is 6.22. The van der Waals surface area contributed by atoms with Crippen LogP contribution >= 0.6 is 0 Å². The van der Waals surface area contributed by atoms with Crippen molar-refractivity contribution in [1.82, 2.24) is 0 Å². The van der Waals surface area contributed by atoms with Crippen molar-refractivity contribution in [3.8, 4) is 0 Å². The van der Waals surface area contributed by atoms with E-state index in [2.05, 4.69) is 13.5 Å². The van der Waals surface area contributed by atoms with Gasteiger partial charge in [0.2, 0.25) is 0 Å². The lowest BCUT2D eigenvalue weighted by molar-refractivity contribution is -0.114. The Hall–Kier alpha value is -1.15. The molecular formula is C21H28O2. The van der Waals surface area contributed by atoms with Gasteiger partial charge < -0.3 is 5.11 Å². The maximum Gasteiger partial charge on any atom is 0.156 e. The van der Waals surface area contributed by atoms with Crippen molar-refractivity contribution in [3.63, 3.8) is 0 Å². The quantitative estimate of drug-likeness (QED) is 0.762. The van der Waals surface area contributed by atoms with E-state index < -0.39 is 5.60 Å². The highest BCUT2D eigenvalue weighted by Gasteiger charge is 2.60. The lowest BCUT2D eigenvalue weighted by atomic mass is 9.54. The van der Waals surface area contributed by atoms with Gasteiger partial charge in [-0.25, -0.2) is 0 Å². The van der Waals surface area contributed by atoms with Crippen molar-refractivity contribution < 1.29 is 9.90 Å². The van der Waals surface area contributed by atoms with Crippen LogP contribution < -0.4 is 0 Å². The van der Waals surface area contributed by atoms with E-state index in [0.29, 0.717) is 24.0 Å². The molecule has 124 valence electrons. The average molecular weight is 312 g/mol. The van der Waals surface area contributed by atoms with Crippen molar-refractivity contribution in [1.29, 1.82) is 0 Å². The molecule has 4 aliphatic carbocycles. The molecule has 0 aromatic heterocycles. The van der Waals surface area contributed by atoms with Gasteiger partial charge in [0.25, 0.3) is 0 Å². The fourth-order valence-electron chi connectivity index (χ4n) is 6.22. The highest BCUT2D eigenvalue weighted by atomic mass is 16.3. The summed E-state index contributed by atoms with van der Waals surface area (Å²) in [6, 6.07) is 0. The Morgan fingerprint density at radius 3 is 2.87 bits per heavy atom. The summed E-state index contributed by atoms with van der Waals surface area (Å²) in [5.74, 6) is 1.54. The predicted octanol–water partition coefficient (Wildman–Crippen LogP) is 4.50. The van der Waals surface area contributed by atoms with Crippen molar-refractivity contribution in [2.45, 2.75) is 70.3 Å². The first-order valence-corrected chi connectivity index (χ1v) is 9.27. The molecule has 0 aromatic carbocycles.